The molecule has 13 heavy (non-hydrogen) atoms. The zero-order chi connectivity index (χ0) is 10.4. The fourth-order valence-electron chi connectivity index (χ4n) is 0.952. The fourth-order valence-corrected chi connectivity index (χ4v) is 0.952. The van der Waals surface area contributed by atoms with E-state index in [9.17, 15) is 0 Å². The van der Waals surface area contributed by atoms with Gasteiger partial charge in [-0.2, -0.15) is 0 Å². The second kappa shape index (κ2) is 5.53. The standard InChI is InChI=1S/C6H12N2O.C2H4O2/c1-4-2-3-5(9)6(7)8-4;1-2(3)4/h4-5,9H,2-3H2,1H3,(H2,7,8);1H3,(H,3,4). The highest BCUT2D eigenvalue weighted by molar-refractivity contribution is 5.85. The lowest BCUT2D eigenvalue weighted by atomic mass is 10.1. The summed E-state index contributed by atoms with van der Waals surface area (Å²) in [5.74, 6) is -0.436. The second-order valence-electron chi connectivity index (χ2n) is 3.02. The summed E-state index contributed by atoms with van der Waals surface area (Å²) in [6.07, 6.45) is 1.22. The number of aliphatic carboxylic acids is 1. The van der Waals surface area contributed by atoms with E-state index in [-0.39, 0.29) is 0 Å². The van der Waals surface area contributed by atoms with Crippen molar-refractivity contribution in [3.05, 3.63) is 0 Å². The van der Waals surface area contributed by atoms with Crippen molar-refractivity contribution in [2.45, 2.75) is 38.8 Å². The minimum Gasteiger partial charge on any atom is -0.481 e. The summed E-state index contributed by atoms with van der Waals surface area (Å²) in [4.78, 5) is 13.0. The highest BCUT2D eigenvalue weighted by Gasteiger charge is 2.16. The lowest BCUT2D eigenvalue weighted by molar-refractivity contribution is -0.134. The number of amidine groups is 1. The van der Waals surface area contributed by atoms with Crippen LogP contribution in [0.25, 0.3) is 0 Å². The summed E-state index contributed by atoms with van der Waals surface area (Å²) in [6.45, 7) is 3.08. The smallest absolute Gasteiger partial charge is 0.300 e. The molecule has 5 heteroatoms. The summed E-state index contributed by atoms with van der Waals surface area (Å²) in [6, 6.07) is 0.299. The van der Waals surface area contributed by atoms with E-state index in [2.05, 4.69) is 4.99 Å². The van der Waals surface area contributed by atoms with Crippen molar-refractivity contribution in [3.63, 3.8) is 0 Å². The first-order valence-electron chi connectivity index (χ1n) is 4.14. The third-order valence-electron chi connectivity index (χ3n) is 1.57. The molecule has 0 aromatic carbocycles. The van der Waals surface area contributed by atoms with Crippen LogP contribution in [0.1, 0.15) is 26.7 Å². The number of hydrogen-bond acceptors (Lipinski definition) is 4. The largest absolute Gasteiger partial charge is 0.481 e. The van der Waals surface area contributed by atoms with Gasteiger partial charge in [0, 0.05) is 13.0 Å². The monoisotopic (exact) mass is 188 g/mol. The molecule has 0 saturated carbocycles. The minimum atomic E-state index is -0.833. The van der Waals surface area contributed by atoms with E-state index in [1.165, 1.54) is 0 Å². The molecule has 1 heterocycles. The van der Waals surface area contributed by atoms with Gasteiger partial charge in [-0.15, -0.1) is 0 Å². The van der Waals surface area contributed by atoms with Gasteiger partial charge in [-0.05, 0) is 19.8 Å². The van der Waals surface area contributed by atoms with E-state index >= 15 is 0 Å². The van der Waals surface area contributed by atoms with Gasteiger partial charge in [0.15, 0.2) is 0 Å². The van der Waals surface area contributed by atoms with Crippen molar-refractivity contribution < 1.29 is 15.0 Å². The first kappa shape index (κ1) is 11.9. The number of nitrogens with two attached hydrogens (primary N) is 1. The zero-order valence-corrected chi connectivity index (χ0v) is 7.90. The van der Waals surface area contributed by atoms with Crippen molar-refractivity contribution in [2.75, 3.05) is 0 Å². The number of aliphatic hydroxyl groups excluding tert-OH is 1. The summed E-state index contributed by atoms with van der Waals surface area (Å²) < 4.78 is 0. The fraction of sp³-hybridized carbons (Fsp3) is 0.750. The summed E-state index contributed by atoms with van der Waals surface area (Å²) in [5, 5.41) is 16.5. The lowest BCUT2D eigenvalue weighted by Crippen LogP contribution is -2.34. The van der Waals surface area contributed by atoms with Crippen LogP contribution in [0, 0.1) is 0 Å². The Hall–Kier alpha value is -1.10. The van der Waals surface area contributed by atoms with Crippen LogP contribution in [0.5, 0.6) is 0 Å². The van der Waals surface area contributed by atoms with Crippen LogP contribution < -0.4 is 5.73 Å². The van der Waals surface area contributed by atoms with Gasteiger partial charge in [0.1, 0.15) is 11.9 Å². The van der Waals surface area contributed by atoms with E-state index in [1.807, 2.05) is 6.92 Å². The van der Waals surface area contributed by atoms with Gasteiger partial charge in [-0.3, -0.25) is 9.79 Å². The Morgan fingerprint density at radius 2 is 2.08 bits per heavy atom. The van der Waals surface area contributed by atoms with E-state index in [0.29, 0.717) is 11.9 Å². The predicted molar refractivity (Wildman–Crippen MR) is 49.6 cm³/mol. The van der Waals surface area contributed by atoms with Crippen LogP contribution in [0.15, 0.2) is 4.99 Å². The third-order valence-corrected chi connectivity index (χ3v) is 1.57. The molecule has 0 amide bonds. The van der Waals surface area contributed by atoms with Crippen molar-refractivity contribution in [3.8, 4) is 0 Å². The Bertz CT molecular complexity index is 200. The number of rotatable bonds is 0. The molecule has 0 aliphatic carbocycles. The Morgan fingerprint density at radius 3 is 2.38 bits per heavy atom. The van der Waals surface area contributed by atoms with Gasteiger partial charge in [-0.25, -0.2) is 0 Å². The van der Waals surface area contributed by atoms with Gasteiger partial charge in [0.05, 0.1) is 0 Å². The highest BCUT2D eigenvalue weighted by atomic mass is 16.4. The predicted octanol–water partition coefficient (Wildman–Crippen LogP) is -0.0223. The molecule has 76 valence electrons. The van der Waals surface area contributed by atoms with Gasteiger partial charge in [-0.1, -0.05) is 0 Å². The van der Waals surface area contributed by atoms with E-state index in [4.69, 9.17) is 20.7 Å². The van der Waals surface area contributed by atoms with Crippen LogP contribution in [-0.2, 0) is 4.79 Å². The van der Waals surface area contributed by atoms with Gasteiger partial charge in [0.25, 0.3) is 5.97 Å². The summed E-state index contributed by atoms with van der Waals surface area (Å²) in [5.41, 5.74) is 5.37. The van der Waals surface area contributed by atoms with E-state index in [0.717, 1.165) is 19.8 Å². The van der Waals surface area contributed by atoms with Crippen LogP contribution >= 0.6 is 0 Å². The molecule has 1 rings (SSSR count). The number of aliphatic imine (C=N–C) groups is 1. The maximum Gasteiger partial charge on any atom is 0.300 e. The highest BCUT2D eigenvalue weighted by Crippen LogP contribution is 2.10. The average Bonchev–Trinajstić information content (AvgIpc) is 1.96. The molecule has 0 saturated heterocycles. The molecule has 0 aromatic rings. The number of hydrogen-bond donors (Lipinski definition) is 3. The van der Waals surface area contributed by atoms with Gasteiger partial charge < -0.3 is 15.9 Å². The van der Waals surface area contributed by atoms with E-state index < -0.39 is 12.1 Å². The molecule has 0 aromatic heterocycles. The van der Waals surface area contributed by atoms with Crippen LogP contribution in [-0.4, -0.2) is 34.2 Å². The lowest BCUT2D eigenvalue weighted by Gasteiger charge is -2.18. The molecular formula is C8H16N2O3. The van der Waals surface area contributed by atoms with Crippen molar-refractivity contribution in [1.82, 2.24) is 0 Å². The van der Waals surface area contributed by atoms with E-state index in [1.54, 1.807) is 0 Å². The molecule has 2 unspecified atom stereocenters. The molecule has 0 fully saturated rings. The van der Waals surface area contributed by atoms with Gasteiger partial charge >= 0.3 is 0 Å². The average molecular weight is 188 g/mol. The molecule has 5 nitrogen and oxygen atoms in total. The molecule has 1 aliphatic heterocycles. The zero-order valence-electron chi connectivity index (χ0n) is 7.90. The number of carboxylic acid groups (broad SMARTS) is 1. The topological polar surface area (TPSA) is 95.9 Å². The first-order chi connectivity index (χ1) is 5.93. The quantitative estimate of drug-likeness (QED) is 0.497. The Kier molecular flexibility index (Phi) is 5.06. The number of aliphatic hydroxyl groups is 1. The molecule has 1 aliphatic rings. The number of nitrogens with zero attached hydrogens (tertiary/aromatic N) is 1. The SMILES string of the molecule is CC(=O)O.CC1CCC(O)C(N)=N1. The maximum absolute atomic E-state index is 9.04. The van der Waals surface area contributed by atoms with Crippen LogP contribution in [0.3, 0.4) is 0 Å². The van der Waals surface area contributed by atoms with Crippen LogP contribution in [0.4, 0.5) is 0 Å². The van der Waals surface area contributed by atoms with Gasteiger partial charge in [0.2, 0.25) is 0 Å². The van der Waals surface area contributed by atoms with Crippen LogP contribution in [0.2, 0.25) is 0 Å². The Morgan fingerprint density at radius 1 is 1.62 bits per heavy atom. The number of carboxylic acids is 1. The minimum absolute atomic E-state index is 0.299. The second-order valence-corrected chi connectivity index (χ2v) is 3.02. The maximum atomic E-state index is 9.04. The molecular weight excluding hydrogens is 172 g/mol. The number of carbonyl (C=O) groups is 1. The molecule has 0 bridgehead atoms. The third kappa shape index (κ3) is 6.10. The Labute approximate surface area is 77.3 Å². The summed E-state index contributed by atoms with van der Waals surface area (Å²) in [7, 11) is 0. The summed E-state index contributed by atoms with van der Waals surface area (Å²) >= 11 is 0. The molecule has 0 radical (unpaired) electrons. The Balaban J connectivity index is 0.000000310. The first-order valence-corrected chi connectivity index (χ1v) is 4.14. The molecule has 2 atom stereocenters. The van der Waals surface area contributed by atoms with Crippen molar-refractivity contribution in [2.24, 2.45) is 10.7 Å². The van der Waals surface area contributed by atoms with Crippen molar-refractivity contribution >= 4 is 11.8 Å². The molecule has 0 spiro atoms. The van der Waals surface area contributed by atoms with Crippen molar-refractivity contribution in [1.29, 1.82) is 0 Å². The normalized spacial score (nSPS) is 26.8. The molecule has 4 N–H and O–H groups in total.